The van der Waals surface area contributed by atoms with Crippen LogP contribution < -0.4 is 5.32 Å². The van der Waals surface area contributed by atoms with E-state index in [0.717, 1.165) is 25.7 Å². The summed E-state index contributed by atoms with van der Waals surface area (Å²) >= 11 is 0. The maximum atomic E-state index is 11.5. The van der Waals surface area contributed by atoms with Crippen LogP contribution in [0.3, 0.4) is 0 Å². The number of esters is 1. The van der Waals surface area contributed by atoms with Crippen LogP contribution in [0.4, 0.5) is 0 Å². The molecule has 4 heteroatoms. The molecule has 2 N–H and O–H groups in total. The average Bonchev–Trinajstić information content (AvgIpc) is 3.15. The van der Waals surface area contributed by atoms with Crippen molar-refractivity contribution < 1.29 is 14.6 Å². The lowest BCUT2D eigenvalue weighted by atomic mass is 9.96. The Morgan fingerprint density at radius 3 is 2.41 bits per heavy atom. The lowest BCUT2D eigenvalue weighted by Crippen LogP contribution is -2.44. The van der Waals surface area contributed by atoms with E-state index in [9.17, 15) is 9.90 Å². The van der Waals surface area contributed by atoms with E-state index in [4.69, 9.17) is 4.74 Å². The number of nitrogens with one attached hydrogen (secondary N) is 1. The predicted molar refractivity (Wildman–Crippen MR) is 66.6 cm³/mol. The molecule has 0 saturated heterocycles. The fourth-order valence-electron chi connectivity index (χ4n) is 2.25. The summed E-state index contributed by atoms with van der Waals surface area (Å²) in [5.74, 6) is 0.501. The molecule has 1 fully saturated rings. The van der Waals surface area contributed by atoms with Gasteiger partial charge in [0.2, 0.25) is 0 Å². The van der Waals surface area contributed by atoms with Gasteiger partial charge in [0.1, 0.15) is 6.04 Å². The van der Waals surface area contributed by atoms with Crippen LogP contribution in [0.2, 0.25) is 0 Å². The first-order valence-electron chi connectivity index (χ1n) is 6.63. The van der Waals surface area contributed by atoms with Gasteiger partial charge in [-0.1, -0.05) is 26.7 Å². The normalized spacial score (nSPS) is 19.1. The molecule has 0 radical (unpaired) electrons. The van der Waals surface area contributed by atoms with Crippen LogP contribution in [-0.2, 0) is 9.53 Å². The second-order valence-corrected chi connectivity index (χ2v) is 4.89. The highest BCUT2D eigenvalue weighted by Crippen LogP contribution is 2.33. The summed E-state index contributed by atoms with van der Waals surface area (Å²) in [6, 6.07) is -0.232. The van der Waals surface area contributed by atoms with Gasteiger partial charge in [-0.2, -0.15) is 0 Å². The van der Waals surface area contributed by atoms with Crippen molar-refractivity contribution in [1.82, 2.24) is 5.32 Å². The lowest BCUT2D eigenvalue weighted by Gasteiger charge is -2.23. The minimum absolute atomic E-state index is 0.204. The molecule has 4 nitrogen and oxygen atoms in total. The lowest BCUT2D eigenvalue weighted by molar-refractivity contribution is -0.143. The van der Waals surface area contributed by atoms with Gasteiger partial charge in [0.05, 0.1) is 13.2 Å². The molecule has 0 heterocycles. The molecule has 1 aliphatic rings. The second kappa shape index (κ2) is 6.97. The first-order valence-corrected chi connectivity index (χ1v) is 6.63. The summed E-state index contributed by atoms with van der Waals surface area (Å²) in [6.45, 7) is 4.63. The topological polar surface area (TPSA) is 58.6 Å². The molecular formula is C13H25NO3. The Hall–Kier alpha value is -0.610. The van der Waals surface area contributed by atoms with E-state index < -0.39 is 0 Å². The van der Waals surface area contributed by atoms with E-state index in [-0.39, 0.29) is 18.1 Å². The summed E-state index contributed by atoms with van der Waals surface area (Å²) in [7, 11) is 1.41. The van der Waals surface area contributed by atoms with Gasteiger partial charge in [0.25, 0.3) is 0 Å². The smallest absolute Gasteiger partial charge is 0.323 e. The van der Waals surface area contributed by atoms with Crippen molar-refractivity contribution in [3.63, 3.8) is 0 Å². The van der Waals surface area contributed by atoms with E-state index in [0.29, 0.717) is 18.4 Å². The van der Waals surface area contributed by atoms with Crippen LogP contribution in [0.1, 0.15) is 39.5 Å². The van der Waals surface area contributed by atoms with Crippen molar-refractivity contribution in [3.05, 3.63) is 0 Å². The molecule has 0 amide bonds. The molecule has 1 rings (SSSR count). The quantitative estimate of drug-likeness (QED) is 0.631. The van der Waals surface area contributed by atoms with Gasteiger partial charge in [0, 0.05) is 6.54 Å². The molecule has 2 unspecified atom stereocenters. The van der Waals surface area contributed by atoms with Gasteiger partial charge < -0.3 is 15.2 Å². The summed E-state index contributed by atoms with van der Waals surface area (Å²) in [5, 5.41) is 13.2. The SMILES string of the molecule is CCC(CC)C(O)CNC(C(=O)OC)C1CC1. The maximum Gasteiger partial charge on any atom is 0.323 e. The van der Waals surface area contributed by atoms with E-state index in [1.165, 1.54) is 7.11 Å². The van der Waals surface area contributed by atoms with Crippen molar-refractivity contribution in [1.29, 1.82) is 0 Å². The Bertz CT molecular complexity index is 237. The van der Waals surface area contributed by atoms with Crippen LogP contribution in [0, 0.1) is 11.8 Å². The molecule has 0 spiro atoms. The molecule has 0 aromatic heterocycles. The Labute approximate surface area is 104 Å². The third-order valence-corrected chi connectivity index (χ3v) is 3.69. The third kappa shape index (κ3) is 4.28. The predicted octanol–water partition coefficient (Wildman–Crippen LogP) is 1.32. The number of carbonyl (C=O) groups excluding carboxylic acids is 1. The summed E-state index contributed by atoms with van der Waals surface area (Å²) in [6.07, 6.45) is 3.70. The van der Waals surface area contributed by atoms with Crippen LogP contribution in [0.25, 0.3) is 0 Å². The van der Waals surface area contributed by atoms with E-state index in [1.807, 2.05) is 0 Å². The zero-order valence-corrected chi connectivity index (χ0v) is 11.1. The first-order chi connectivity index (χ1) is 8.13. The zero-order valence-electron chi connectivity index (χ0n) is 11.1. The van der Waals surface area contributed by atoms with Crippen molar-refractivity contribution in [3.8, 4) is 0 Å². The van der Waals surface area contributed by atoms with Crippen LogP contribution in [0.5, 0.6) is 0 Å². The Balaban J connectivity index is 2.38. The molecule has 0 aromatic carbocycles. The van der Waals surface area contributed by atoms with Crippen molar-refractivity contribution in [2.24, 2.45) is 11.8 Å². The number of carbonyl (C=O) groups is 1. The molecule has 0 aromatic rings. The Morgan fingerprint density at radius 2 is 2.00 bits per heavy atom. The number of ether oxygens (including phenoxy) is 1. The Kier molecular flexibility index (Phi) is 5.92. The highest BCUT2D eigenvalue weighted by atomic mass is 16.5. The number of aliphatic hydroxyl groups excluding tert-OH is 1. The van der Waals surface area contributed by atoms with Gasteiger partial charge in [-0.3, -0.25) is 4.79 Å². The number of methoxy groups -OCH3 is 1. The van der Waals surface area contributed by atoms with Crippen LogP contribution in [-0.4, -0.2) is 36.9 Å². The molecule has 1 aliphatic carbocycles. The molecule has 2 atom stereocenters. The van der Waals surface area contributed by atoms with Gasteiger partial charge in [-0.05, 0) is 24.7 Å². The maximum absolute atomic E-state index is 11.5. The van der Waals surface area contributed by atoms with Crippen molar-refractivity contribution >= 4 is 5.97 Å². The molecular weight excluding hydrogens is 218 g/mol. The molecule has 17 heavy (non-hydrogen) atoms. The number of rotatable bonds is 8. The summed E-state index contributed by atoms with van der Waals surface area (Å²) < 4.78 is 4.78. The fourth-order valence-corrected chi connectivity index (χ4v) is 2.25. The monoisotopic (exact) mass is 243 g/mol. The Morgan fingerprint density at radius 1 is 1.41 bits per heavy atom. The van der Waals surface area contributed by atoms with Crippen LogP contribution >= 0.6 is 0 Å². The summed E-state index contributed by atoms with van der Waals surface area (Å²) in [4.78, 5) is 11.5. The molecule has 0 bridgehead atoms. The minimum atomic E-state index is -0.379. The van der Waals surface area contributed by atoms with Crippen molar-refractivity contribution in [2.75, 3.05) is 13.7 Å². The third-order valence-electron chi connectivity index (χ3n) is 3.69. The van der Waals surface area contributed by atoms with E-state index in [2.05, 4.69) is 19.2 Å². The fraction of sp³-hybridized carbons (Fsp3) is 0.923. The van der Waals surface area contributed by atoms with Gasteiger partial charge in [-0.15, -0.1) is 0 Å². The largest absolute Gasteiger partial charge is 0.468 e. The standard InChI is InChI=1S/C13H25NO3/c1-4-9(5-2)11(15)8-14-12(10-6-7-10)13(16)17-3/h9-12,14-15H,4-8H2,1-3H3. The zero-order chi connectivity index (χ0) is 12.8. The van der Waals surface area contributed by atoms with E-state index in [1.54, 1.807) is 0 Å². The van der Waals surface area contributed by atoms with Crippen LogP contribution in [0.15, 0.2) is 0 Å². The number of aliphatic hydroxyl groups is 1. The molecule has 0 aliphatic heterocycles. The van der Waals surface area contributed by atoms with Gasteiger partial charge >= 0.3 is 5.97 Å². The highest BCUT2D eigenvalue weighted by Gasteiger charge is 2.37. The van der Waals surface area contributed by atoms with E-state index >= 15 is 0 Å². The van der Waals surface area contributed by atoms with Crippen molar-refractivity contribution in [2.45, 2.75) is 51.7 Å². The second-order valence-electron chi connectivity index (χ2n) is 4.89. The molecule has 100 valence electrons. The van der Waals surface area contributed by atoms with Gasteiger partial charge in [0.15, 0.2) is 0 Å². The summed E-state index contributed by atoms with van der Waals surface area (Å²) in [5.41, 5.74) is 0. The number of hydrogen-bond donors (Lipinski definition) is 2. The average molecular weight is 243 g/mol. The van der Waals surface area contributed by atoms with Gasteiger partial charge in [-0.25, -0.2) is 0 Å². The number of hydrogen-bond acceptors (Lipinski definition) is 4. The first kappa shape index (κ1) is 14.5. The highest BCUT2D eigenvalue weighted by molar-refractivity contribution is 5.76. The minimum Gasteiger partial charge on any atom is -0.468 e. The molecule has 1 saturated carbocycles.